The van der Waals surface area contributed by atoms with Gasteiger partial charge in [0, 0.05) is 6.54 Å². The van der Waals surface area contributed by atoms with Crippen LogP contribution in [0.3, 0.4) is 0 Å². The largest absolute Gasteiger partial charge is 0.493 e. The summed E-state index contributed by atoms with van der Waals surface area (Å²) in [4.78, 5) is 11.9. The molecule has 0 aliphatic rings. The third kappa shape index (κ3) is 6.14. The van der Waals surface area contributed by atoms with Gasteiger partial charge in [-0.25, -0.2) is 0 Å². The number of aryl methyl sites for hydroxylation is 1. The second-order valence-corrected chi connectivity index (χ2v) is 6.20. The molecule has 0 bridgehead atoms. The average molecular weight is 341 g/mol. The first-order chi connectivity index (χ1) is 12.1. The average Bonchev–Trinajstić information content (AvgIpc) is 2.63. The van der Waals surface area contributed by atoms with Gasteiger partial charge in [-0.2, -0.15) is 0 Å². The fourth-order valence-corrected chi connectivity index (χ4v) is 2.61. The summed E-state index contributed by atoms with van der Waals surface area (Å²) in [6.45, 7) is 5.17. The molecule has 1 N–H and O–H groups in total. The first-order valence-electron chi connectivity index (χ1n) is 8.69. The van der Waals surface area contributed by atoms with Crippen molar-refractivity contribution in [3.63, 3.8) is 0 Å². The molecule has 1 atom stereocenters. The number of amides is 1. The first-order valence-corrected chi connectivity index (χ1v) is 8.69. The molecule has 4 nitrogen and oxygen atoms in total. The SMILES string of the molecule is COc1cc(C)ccc1OCCC(=O)NCCC(C)c1ccccc1. The van der Waals surface area contributed by atoms with E-state index in [0.717, 1.165) is 12.0 Å². The number of carbonyl (C=O) groups excluding carboxylic acids is 1. The molecule has 0 spiro atoms. The quantitative estimate of drug-likeness (QED) is 0.747. The van der Waals surface area contributed by atoms with Gasteiger partial charge in [0.1, 0.15) is 0 Å². The summed E-state index contributed by atoms with van der Waals surface area (Å²) in [6.07, 6.45) is 1.25. The lowest BCUT2D eigenvalue weighted by molar-refractivity contribution is -0.121. The number of hydrogen-bond acceptors (Lipinski definition) is 3. The van der Waals surface area contributed by atoms with E-state index in [4.69, 9.17) is 9.47 Å². The van der Waals surface area contributed by atoms with Gasteiger partial charge in [0.15, 0.2) is 11.5 Å². The summed E-state index contributed by atoms with van der Waals surface area (Å²) >= 11 is 0. The smallest absolute Gasteiger partial charge is 0.223 e. The van der Waals surface area contributed by atoms with Crippen molar-refractivity contribution >= 4 is 5.91 Å². The minimum Gasteiger partial charge on any atom is -0.493 e. The number of benzene rings is 2. The number of methoxy groups -OCH3 is 1. The van der Waals surface area contributed by atoms with E-state index in [1.54, 1.807) is 7.11 Å². The zero-order chi connectivity index (χ0) is 18.1. The van der Waals surface area contributed by atoms with Crippen LogP contribution in [-0.2, 0) is 4.79 Å². The number of carbonyl (C=O) groups is 1. The number of nitrogens with one attached hydrogen (secondary N) is 1. The summed E-state index contributed by atoms with van der Waals surface area (Å²) < 4.78 is 11.0. The van der Waals surface area contributed by atoms with E-state index in [9.17, 15) is 4.79 Å². The molecular weight excluding hydrogens is 314 g/mol. The van der Waals surface area contributed by atoms with Crippen molar-refractivity contribution < 1.29 is 14.3 Å². The summed E-state index contributed by atoms with van der Waals surface area (Å²) in [5.74, 6) is 1.79. The molecule has 0 aromatic heterocycles. The molecule has 0 radical (unpaired) electrons. The van der Waals surface area contributed by atoms with Gasteiger partial charge in [-0.3, -0.25) is 4.79 Å². The highest BCUT2D eigenvalue weighted by Crippen LogP contribution is 2.27. The molecule has 4 heteroatoms. The minimum absolute atomic E-state index is 0.00587. The topological polar surface area (TPSA) is 47.6 Å². The summed E-state index contributed by atoms with van der Waals surface area (Å²) in [5, 5.41) is 2.96. The van der Waals surface area contributed by atoms with Gasteiger partial charge in [0.25, 0.3) is 0 Å². The van der Waals surface area contributed by atoms with E-state index in [1.165, 1.54) is 5.56 Å². The number of ether oxygens (including phenoxy) is 2. The molecule has 0 heterocycles. The predicted molar refractivity (Wildman–Crippen MR) is 100 cm³/mol. The lowest BCUT2D eigenvalue weighted by Gasteiger charge is -2.13. The molecular formula is C21H27NO3. The van der Waals surface area contributed by atoms with Crippen LogP contribution >= 0.6 is 0 Å². The molecule has 2 rings (SSSR count). The first kappa shape index (κ1) is 18.8. The van der Waals surface area contributed by atoms with E-state index >= 15 is 0 Å². The van der Waals surface area contributed by atoms with Crippen LogP contribution < -0.4 is 14.8 Å². The van der Waals surface area contributed by atoms with Crippen LogP contribution in [0.2, 0.25) is 0 Å². The lowest BCUT2D eigenvalue weighted by atomic mass is 9.98. The maximum Gasteiger partial charge on any atom is 0.223 e. The Morgan fingerprint density at radius 1 is 1.12 bits per heavy atom. The van der Waals surface area contributed by atoms with Gasteiger partial charge in [-0.1, -0.05) is 43.3 Å². The molecule has 2 aromatic carbocycles. The van der Waals surface area contributed by atoms with Crippen LogP contribution in [0.25, 0.3) is 0 Å². The van der Waals surface area contributed by atoms with Crippen LogP contribution in [-0.4, -0.2) is 26.2 Å². The number of hydrogen-bond donors (Lipinski definition) is 1. The summed E-state index contributed by atoms with van der Waals surface area (Å²) in [7, 11) is 1.61. The number of rotatable bonds is 9. The van der Waals surface area contributed by atoms with Gasteiger partial charge in [0.05, 0.1) is 20.1 Å². The Kier molecular flexibility index (Phi) is 7.33. The van der Waals surface area contributed by atoms with Crippen LogP contribution in [0.15, 0.2) is 48.5 Å². The Bertz CT molecular complexity index is 670. The van der Waals surface area contributed by atoms with Crippen molar-refractivity contribution in [1.29, 1.82) is 0 Å². The zero-order valence-electron chi connectivity index (χ0n) is 15.2. The van der Waals surface area contributed by atoms with E-state index in [1.807, 2.05) is 43.3 Å². The van der Waals surface area contributed by atoms with Crippen LogP contribution in [0.1, 0.15) is 36.8 Å². The molecule has 0 saturated carbocycles. The normalized spacial score (nSPS) is 11.6. The molecule has 0 fully saturated rings. The Hall–Kier alpha value is -2.49. The second-order valence-electron chi connectivity index (χ2n) is 6.20. The maximum atomic E-state index is 11.9. The highest BCUT2D eigenvalue weighted by molar-refractivity contribution is 5.75. The summed E-state index contributed by atoms with van der Waals surface area (Å²) in [6, 6.07) is 16.1. The molecule has 134 valence electrons. The summed E-state index contributed by atoms with van der Waals surface area (Å²) in [5.41, 5.74) is 2.40. The van der Waals surface area contributed by atoms with E-state index in [0.29, 0.717) is 37.0 Å². The van der Waals surface area contributed by atoms with E-state index in [-0.39, 0.29) is 5.91 Å². The van der Waals surface area contributed by atoms with Gasteiger partial charge in [-0.15, -0.1) is 0 Å². The fourth-order valence-electron chi connectivity index (χ4n) is 2.61. The molecule has 1 amide bonds. The van der Waals surface area contributed by atoms with Crippen molar-refractivity contribution in [2.75, 3.05) is 20.3 Å². The highest BCUT2D eigenvalue weighted by Gasteiger charge is 2.08. The van der Waals surface area contributed by atoms with Crippen LogP contribution in [0.5, 0.6) is 11.5 Å². The second kappa shape index (κ2) is 9.72. The van der Waals surface area contributed by atoms with Gasteiger partial charge >= 0.3 is 0 Å². The van der Waals surface area contributed by atoms with Crippen molar-refractivity contribution in [3.8, 4) is 11.5 Å². The standard InChI is InChI=1S/C21H27NO3/c1-16-9-10-19(20(15-16)24-3)25-14-12-21(23)22-13-11-17(2)18-7-5-4-6-8-18/h4-10,15,17H,11-14H2,1-3H3,(H,22,23). The lowest BCUT2D eigenvalue weighted by Crippen LogP contribution is -2.26. The Morgan fingerprint density at radius 3 is 2.60 bits per heavy atom. The third-order valence-electron chi connectivity index (χ3n) is 4.17. The Balaban J connectivity index is 1.67. The fraction of sp³-hybridized carbons (Fsp3) is 0.381. The zero-order valence-corrected chi connectivity index (χ0v) is 15.2. The maximum absolute atomic E-state index is 11.9. The molecule has 1 unspecified atom stereocenters. The van der Waals surface area contributed by atoms with Gasteiger partial charge < -0.3 is 14.8 Å². The molecule has 0 aliphatic heterocycles. The Morgan fingerprint density at radius 2 is 1.88 bits per heavy atom. The highest BCUT2D eigenvalue weighted by atomic mass is 16.5. The predicted octanol–water partition coefficient (Wildman–Crippen LogP) is 4.08. The van der Waals surface area contributed by atoms with Gasteiger partial charge in [-0.05, 0) is 42.5 Å². The third-order valence-corrected chi connectivity index (χ3v) is 4.17. The van der Waals surface area contributed by atoms with Crippen molar-refractivity contribution in [2.45, 2.75) is 32.6 Å². The van der Waals surface area contributed by atoms with Crippen molar-refractivity contribution in [1.82, 2.24) is 5.32 Å². The van der Waals surface area contributed by atoms with Gasteiger partial charge in [0.2, 0.25) is 5.91 Å². The van der Waals surface area contributed by atoms with Crippen molar-refractivity contribution in [2.24, 2.45) is 0 Å². The van der Waals surface area contributed by atoms with Crippen LogP contribution in [0, 0.1) is 6.92 Å². The molecule has 0 saturated heterocycles. The molecule has 25 heavy (non-hydrogen) atoms. The van der Waals surface area contributed by atoms with E-state index in [2.05, 4.69) is 24.4 Å². The monoisotopic (exact) mass is 341 g/mol. The Labute approximate surface area is 150 Å². The van der Waals surface area contributed by atoms with E-state index < -0.39 is 0 Å². The molecule has 0 aliphatic carbocycles. The van der Waals surface area contributed by atoms with Crippen molar-refractivity contribution in [3.05, 3.63) is 59.7 Å². The molecule has 2 aromatic rings. The minimum atomic E-state index is 0.00587. The van der Waals surface area contributed by atoms with Crippen LogP contribution in [0.4, 0.5) is 0 Å².